The fourth-order valence-corrected chi connectivity index (χ4v) is 6.46. The van der Waals surface area contributed by atoms with Crippen molar-refractivity contribution in [3.63, 3.8) is 0 Å². The first-order valence-corrected chi connectivity index (χ1v) is 8.81. The van der Waals surface area contributed by atoms with E-state index in [-0.39, 0.29) is 22.5 Å². The highest BCUT2D eigenvalue weighted by Crippen LogP contribution is 2.64. The molecule has 0 radical (unpaired) electrons. The zero-order valence-electron chi connectivity index (χ0n) is 13.6. The van der Waals surface area contributed by atoms with Gasteiger partial charge in [0.05, 0.1) is 6.10 Å². The van der Waals surface area contributed by atoms with Crippen LogP contribution in [0, 0.1) is 28.6 Å². The van der Waals surface area contributed by atoms with Crippen LogP contribution < -0.4 is 0 Å². The average Bonchev–Trinajstić information content (AvgIpc) is 2.75. The van der Waals surface area contributed by atoms with Crippen molar-refractivity contribution in [2.24, 2.45) is 28.6 Å². The third kappa shape index (κ3) is 1.72. The maximum absolute atomic E-state index is 12.4. The second-order valence-corrected chi connectivity index (χ2v) is 8.54. The molecule has 6 atom stereocenters. The minimum atomic E-state index is -0.407. The highest BCUT2D eigenvalue weighted by molar-refractivity contribution is 5.91. The first-order valence-electron chi connectivity index (χ1n) is 8.81. The van der Waals surface area contributed by atoms with Gasteiger partial charge < -0.3 is 5.11 Å². The number of allylic oxidation sites excluding steroid dienone is 1. The standard InChI is InChI=1S/C19H26O3/c1-18-8-7-12(20)9-11(18)3-4-13-14-5-6-16(22)19(14,2)10-15(21)17(13)18/h9,13-15,17,21H,3-8,10H2,1-2H3/t13-,14-,15+,17+,18?,19-/m0/s1. The second kappa shape index (κ2) is 4.53. The Labute approximate surface area is 132 Å². The minimum Gasteiger partial charge on any atom is -0.393 e. The van der Waals surface area contributed by atoms with Crippen molar-refractivity contribution >= 4 is 11.6 Å². The number of Topliss-reactive ketones (excluding diaryl/α,β-unsaturated/α-hetero) is 1. The second-order valence-electron chi connectivity index (χ2n) is 8.54. The molecule has 3 saturated carbocycles. The Balaban J connectivity index is 1.75. The largest absolute Gasteiger partial charge is 0.393 e. The predicted octanol–water partition coefficient (Wildman–Crippen LogP) is 3.06. The molecule has 0 bridgehead atoms. The zero-order chi connectivity index (χ0) is 15.7. The van der Waals surface area contributed by atoms with Crippen molar-refractivity contribution in [1.29, 1.82) is 0 Å². The third-order valence-corrected chi connectivity index (χ3v) is 7.61. The Morgan fingerprint density at radius 3 is 2.64 bits per heavy atom. The van der Waals surface area contributed by atoms with Gasteiger partial charge >= 0.3 is 0 Å². The van der Waals surface area contributed by atoms with E-state index in [1.165, 1.54) is 5.57 Å². The number of aliphatic hydroxyl groups excluding tert-OH is 1. The molecule has 4 rings (SSSR count). The molecule has 0 aromatic rings. The van der Waals surface area contributed by atoms with Gasteiger partial charge in [-0.05, 0) is 61.3 Å². The molecule has 3 nitrogen and oxygen atoms in total. The molecule has 0 heterocycles. The van der Waals surface area contributed by atoms with E-state index >= 15 is 0 Å². The predicted molar refractivity (Wildman–Crippen MR) is 83.1 cm³/mol. The van der Waals surface area contributed by atoms with Crippen LogP contribution in [-0.2, 0) is 9.59 Å². The Hall–Kier alpha value is -0.960. The van der Waals surface area contributed by atoms with Crippen LogP contribution in [0.25, 0.3) is 0 Å². The summed E-state index contributed by atoms with van der Waals surface area (Å²) in [4.78, 5) is 24.2. The molecule has 0 aliphatic heterocycles. The van der Waals surface area contributed by atoms with Crippen LogP contribution in [0.1, 0.15) is 58.8 Å². The van der Waals surface area contributed by atoms with Gasteiger partial charge in [-0.15, -0.1) is 0 Å². The number of hydrogen-bond acceptors (Lipinski definition) is 3. The van der Waals surface area contributed by atoms with Crippen molar-refractivity contribution in [3.05, 3.63) is 11.6 Å². The van der Waals surface area contributed by atoms with Gasteiger partial charge in [-0.3, -0.25) is 9.59 Å². The number of carbonyl (C=O) groups is 2. The number of rotatable bonds is 0. The summed E-state index contributed by atoms with van der Waals surface area (Å²) in [6, 6.07) is 0. The van der Waals surface area contributed by atoms with Crippen LogP contribution in [0.3, 0.4) is 0 Å². The van der Waals surface area contributed by atoms with Crippen molar-refractivity contribution in [2.75, 3.05) is 0 Å². The highest BCUT2D eigenvalue weighted by atomic mass is 16.3. The molecule has 22 heavy (non-hydrogen) atoms. The van der Waals surface area contributed by atoms with Crippen LogP contribution >= 0.6 is 0 Å². The normalized spacial score (nSPS) is 51.0. The number of hydrogen-bond donors (Lipinski definition) is 1. The van der Waals surface area contributed by atoms with Crippen LogP contribution in [0.2, 0.25) is 0 Å². The minimum absolute atomic E-state index is 0.0385. The van der Waals surface area contributed by atoms with E-state index in [1.54, 1.807) is 0 Å². The molecule has 0 aromatic carbocycles. The fraction of sp³-hybridized carbons (Fsp3) is 0.789. The summed E-state index contributed by atoms with van der Waals surface area (Å²) >= 11 is 0. The molecule has 3 heteroatoms. The van der Waals surface area contributed by atoms with E-state index in [2.05, 4.69) is 13.8 Å². The van der Waals surface area contributed by atoms with E-state index in [9.17, 15) is 14.7 Å². The van der Waals surface area contributed by atoms with Gasteiger partial charge in [0, 0.05) is 18.3 Å². The van der Waals surface area contributed by atoms with Gasteiger partial charge in [0.25, 0.3) is 0 Å². The van der Waals surface area contributed by atoms with Crippen LogP contribution in [0.5, 0.6) is 0 Å². The van der Waals surface area contributed by atoms with E-state index in [4.69, 9.17) is 0 Å². The van der Waals surface area contributed by atoms with Gasteiger partial charge in [-0.1, -0.05) is 19.4 Å². The van der Waals surface area contributed by atoms with Crippen LogP contribution in [0.4, 0.5) is 0 Å². The van der Waals surface area contributed by atoms with E-state index in [0.29, 0.717) is 36.9 Å². The monoisotopic (exact) mass is 302 g/mol. The molecule has 0 saturated heterocycles. The van der Waals surface area contributed by atoms with Crippen LogP contribution in [-0.4, -0.2) is 22.8 Å². The van der Waals surface area contributed by atoms with E-state index < -0.39 is 6.10 Å². The van der Waals surface area contributed by atoms with Crippen molar-refractivity contribution < 1.29 is 14.7 Å². The quantitative estimate of drug-likeness (QED) is 0.748. The summed E-state index contributed by atoms with van der Waals surface area (Å²) in [6.07, 6.45) is 7.24. The molecule has 4 aliphatic carbocycles. The zero-order valence-corrected chi connectivity index (χ0v) is 13.6. The van der Waals surface area contributed by atoms with Crippen molar-refractivity contribution in [3.8, 4) is 0 Å². The number of fused-ring (bicyclic) bond motifs is 5. The number of carbonyl (C=O) groups excluding carboxylic acids is 2. The Morgan fingerprint density at radius 2 is 1.86 bits per heavy atom. The van der Waals surface area contributed by atoms with Crippen molar-refractivity contribution in [2.45, 2.75) is 64.9 Å². The van der Waals surface area contributed by atoms with Gasteiger partial charge in [-0.25, -0.2) is 0 Å². The van der Waals surface area contributed by atoms with E-state index in [0.717, 1.165) is 25.7 Å². The summed E-state index contributed by atoms with van der Waals surface area (Å²) < 4.78 is 0. The summed E-state index contributed by atoms with van der Waals surface area (Å²) in [7, 11) is 0. The SMILES string of the molecule is CC12CCC(=O)C=C1CC[C@@H]1[C@@H]2[C@H](O)C[C@]2(C)C(=O)CC[C@@H]12. The number of aliphatic hydroxyl groups is 1. The maximum Gasteiger partial charge on any atom is 0.155 e. The lowest BCUT2D eigenvalue weighted by atomic mass is 9.46. The first kappa shape index (κ1) is 14.6. The Morgan fingerprint density at radius 1 is 1.09 bits per heavy atom. The smallest absolute Gasteiger partial charge is 0.155 e. The molecule has 3 fully saturated rings. The molecular formula is C19H26O3. The lowest BCUT2D eigenvalue weighted by Crippen LogP contribution is -2.56. The van der Waals surface area contributed by atoms with E-state index in [1.807, 2.05) is 6.08 Å². The molecular weight excluding hydrogens is 276 g/mol. The summed E-state index contributed by atoms with van der Waals surface area (Å²) in [5.74, 6) is 1.71. The van der Waals surface area contributed by atoms with Gasteiger partial charge in [0.1, 0.15) is 5.78 Å². The number of ketones is 2. The van der Waals surface area contributed by atoms with Crippen LogP contribution in [0.15, 0.2) is 11.6 Å². The summed E-state index contributed by atoms with van der Waals surface area (Å²) in [5, 5.41) is 10.9. The molecule has 0 amide bonds. The molecule has 1 N–H and O–H groups in total. The Kier molecular flexibility index (Phi) is 3.01. The Bertz CT molecular complexity index is 577. The van der Waals surface area contributed by atoms with Gasteiger partial charge in [0.15, 0.2) is 5.78 Å². The average molecular weight is 302 g/mol. The summed E-state index contributed by atoms with van der Waals surface area (Å²) in [6.45, 7) is 4.34. The summed E-state index contributed by atoms with van der Waals surface area (Å²) in [5.41, 5.74) is 0.920. The molecule has 0 aromatic heterocycles. The fourth-order valence-electron chi connectivity index (χ4n) is 6.46. The van der Waals surface area contributed by atoms with Gasteiger partial charge in [0.2, 0.25) is 0 Å². The maximum atomic E-state index is 12.4. The lowest BCUT2D eigenvalue weighted by molar-refractivity contribution is -0.147. The molecule has 120 valence electrons. The van der Waals surface area contributed by atoms with Gasteiger partial charge in [-0.2, -0.15) is 0 Å². The topological polar surface area (TPSA) is 54.4 Å². The molecule has 1 unspecified atom stereocenters. The first-order chi connectivity index (χ1) is 10.4. The molecule has 0 spiro atoms. The molecule has 4 aliphatic rings. The lowest BCUT2D eigenvalue weighted by Gasteiger charge is -2.58. The van der Waals surface area contributed by atoms with Crippen molar-refractivity contribution in [1.82, 2.24) is 0 Å². The third-order valence-electron chi connectivity index (χ3n) is 7.61. The highest BCUT2D eigenvalue weighted by Gasteiger charge is 2.61.